The lowest BCUT2D eigenvalue weighted by atomic mass is 9.82. The first-order valence-corrected chi connectivity index (χ1v) is 6.03. The Bertz CT molecular complexity index is 373. The number of nitrogens with zero attached hydrogens (tertiary/aromatic N) is 2. The second-order valence-corrected chi connectivity index (χ2v) is 4.74. The molecule has 1 saturated carbocycles. The third-order valence-corrected chi connectivity index (χ3v) is 3.30. The topological polar surface area (TPSA) is 80.9 Å². The summed E-state index contributed by atoms with van der Waals surface area (Å²) in [7, 11) is 0. The quantitative estimate of drug-likeness (QED) is 0.813. The SMILES string of the molecule is NC1(CNC(=O)c2ccnnc2)CCCCC1. The lowest BCUT2D eigenvalue weighted by Crippen LogP contribution is -2.51. The van der Waals surface area contributed by atoms with E-state index in [0.717, 1.165) is 25.7 Å². The summed E-state index contributed by atoms with van der Waals surface area (Å²) < 4.78 is 0. The van der Waals surface area contributed by atoms with E-state index in [1.807, 2.05) is 0 Å². The van der Waals surface area contributed by atoms with Crippen molar-refractivity contribution in [2.75, 3.05) is 6.54 Å². The number of hydrogen-bond donors (Lipinski definition) is 2. The van der Waals surface area contributed by atoms with Crippen molar-refractivity contribution < 1.29 is 4.79 Å². The number of rotatable bonds is 3. The van der Waals surface area contributed by atoms with Gasteiger partial charge >= 0.3 is 0 Å². The van der Waals surface area contributed by atoms with Crippen molar-refractivity contribution in [1.29, 1.82) is 0 Å². The van der Waals surface area contributed by atoms with Crippen LogP contribution in [0.2, 0.25) is 0 Å². The van der Waals surface area contributed by atoms with Crippen LogP contribution in [0.1, 0.15) is 42.5 Å². The molecule has 0 saturated heterocycles. The summed E-state index contributed by atoms with van der Waals surface area (Å²) in [6.07, 6.45) is 8.50. The van der Waals surface area contributed by atoms with Crippen LogP contribution < -0.4 is 11.1 Å². The molecule has 0 bridgehead atoms. The van der Waals surface area contributed by atoms with E-state index in [-0.39, 0.29) is 11.4 Å². The third-order valence-electron chi connectivity index (χ3n) is 3.30. The summed E-state index contributed by atoms with van der Waals surface area (Å²) in [5.74, 6) is -0.129. The van der Waals surface area contributed by atoms with Crippen LogP contribution in [0.15, 0.2) is 18.5 Å². The van der Waals surface area contributed by atoms with E-state index < -0.39 is 0 Å². The van der Waals surface area contributed by atoms with Crippen molar-refractivity contribution >= 4 is 5.91 Å². The fourth-order valence-corrected chi connectivity index (χ4v) is 2.22. The van der Waals surface area contributed by atoms with Gasteiger partial charge in [-0.1, -0.05) is 19.3 Å². The largest absolute Gasteiger partial charge is 0.350 e. The summed E-state index contributed by atoms with van der Waals surface area (Å²) >= 11 is 0. The van der Waals surface area contributed by atoms with Crippen molar-refractivity contribution in [1.82, 2.24) is 15.5 Å². The van der Waals surface area contributed by atoms with E-state index in [1.54, 1.807) is 6.07 Å². The summed E-state index contributed by atoms with van der Waals surface area (Å²) in [6.45, 7) is 0.536. The molecular weight excluding hydrogens is 216 g/mol. The van der Waals surface area contributed by atoms with Crippen LogP contribution in [0.25, 0.3) is 0 Å². The molecule has 0 aromatic carbocycles. The summed E-state index contributed by atoms with van der Waals surface area (Å²) in [6, 6.07) is 1.65. The summed E-state index contributed by atoms with van der Waals surface area (Å²) in [5, 5.41) is 10.2. The maximum absolute atomic E-state index is 11.8. The molecule has 0 spiro atoms. The Morgan fingerprint density at radius 3 is 2.76 bits per heavy atom. The predicted octanol–water partition coefficient (Wildman–Crippen LogP) is 0.868. The van der Waals surface area contributed by atoms with Crippen molar-refractivity contribution in [3.8, 4) is 0 Å². The molecular formula is C12H18N4O. The number of aromatic nitrogens is 2. The van der Waals surface area contributed by atoms with Crippen molar-refractivity contribution in [3.63, 3.8) is 0 Å². The highest BCUT2D eigenvalue weighted by Crippen LogP contribution is 2.25. The highest BCUT2D eigenvalue weighted by atomic mass is 16.1. The standard InChI is InChI=1S/C12H18N4O/c13-12(5-2-1-3-6-12)9-14-11(17)10-4-7-15-16-8-10/h4,7-8H,1-3,5-6,9,13H2,(H,14,17). The van der Waals surface area contributed by atoms with E-state index in [1.165, 1.54) is 18.8 Å². The van der Waals surface area contributed by atoms with Crippen molar-refractivity contribution in [2.45, 2.75) is 37.6 Å². The minimum atomic E-state index is -0.228. The lowest BCUT2D eigenvalue weighted by Gasteiger charge is -2.33. The molecule has 3 N–H and O–H groups in total. The monoisotopic (exact) mass is 234 g/mol. The molecule has 1 aliphatic rings. The Morgan fingerprint density at radius 1 is 1.35 bits per heavy atom. The van der Waals surface area contributed by atoms with Crippen LogP contribution in [-0.4, -0.2) is 28.2 Å². The fourth-order valence-electron chi connectivity index (χ4n) is 2.22. The van der Waals surface area contributed by atoms with Gasteiger partial charge in [0, 0.05) is 12.1 Å². The Morgan fingerprint density at radius 2 is 2.12 bits per heavy atom. The average Bonchev–Trinajstić information content (AvgIpc) is 2.38. The summed E-state index contributed by atoms with van der Waals surface area (Å²) in [4.78, 5) is 11.8. The second-order valence-electron chi connectivity index (χ2n) is 4.74. The minimum Gasteiger partial charge on any atom is -0.350 e. The molecule has 0 atom stereocenters. The molecule has 1 aromatic rings. The van der Waals surface area contributed by atoms with Crippen LogP contribution in [0, 0.1) is 0 Å². The number of carbonyl (C=O) groups is 1. The van der Waals surface area contributed by atoms with E-state index >= 15 is 0 Å². The van der Waals surface area contributed by atoms with Gasteiger partial charge in [0.15, 0.2) is 0 Å². The maximum Gasteiger partial charge on any atom is 0.253 e. The zero-order valence-electron chi connectivity index (χ0n) is 9.85. The second kappa shape index (κ2) is 5.23. The highest BCUT2D eigenvalue weighted by Gasteiger charge is 2.27. The average molecular weight is 234 g/mol. The van der Waals surface area contributed by atoms with Gasteiger partial charge in [0.05, 0.1) is 18.0 Å². The Kier molecular flexibility index (Phi) is 3.68. The molecule has 0 radical (unpaired) electrons. The lowest BCUT2D eigenvalue weighted by molar-refractivity contribution is 0.0937. The molecule has 5 nitrogen and oxygen atoms in total. The normalized spacial score (nSPS) is 18.6. The number of nitrogens with two attached hydrogens (primary N) is 1. The maximum atomic E-state index is 11.8. The summed E-state index contributed by atoms with van der Waals surface area (Å²) in [5.41, 5.74) is 6.54. The Balaban J connectivity index is 1.87. The first-order valence-electron chi connectivity index (χ1n) is 6.03. The Hall–Kier alpha value is -1.49. The molecule has 92 valence electrons. The molecule has 5 heteroatoms. The van der Waals surface area contributed by atoms with Gasteiger partial charge in [-0.05, 0) is 18.9 Å². The first-order chi connectivity index (χ1) is 8.20. The molecule has 1 aromatic heterocycles. The van der Waals surface area contributed by atoms with E-state index in [2.05, 4.69) is 15.5 Å². The van der Waals surface area contributed by atoms with E-state index in [9.17, 15) is 4.79 Å². The number of hydrogen-bond acceptors (Lipinski definition) is 4. The van der Waals surface area contributed by atoms with Crippen LogP contribution >= 0.6 is 0 Å². The van der Waals surface area contributed by atoms with Crippen LogP contribution in [0.5, 0.6) is 0 Å². The van der Waals surface area contributed by atoms with Gasteiger partial charge in [-0.2, -0.15) is 10.2 Å². The zero-order valence-corrected chi connectivity index (χ0v) is 9.85. The smallest absolute Gasteiger partial charge is 0.253 e. The van der Waals surface area contributed by atoms with Gasteiger partial charge in [0.2, 0.25) is 0 Å². The van der Waals surface area contributed by atoms with Gasteiger partial charge in [0.25, 0.3) is 5.91 Å². The van der Waals surface area contributed by atoms with Gasteiger partial charge in [0.1, 0.15) is 0 Å². The molecule has 0 aliphatic heterocycles. The zero-order chi connectivity index (χ0) is 12.1. The fraction of sp³-hybridized carbons (Fsp3) is 0.583. The van der Waals surface area contributed by atoms with Gasteiger partial charge in [-0.3, -0.25) is 4.79 Å². The van der Waals surface area contributed by atoms with Crippen molar-refractivity contribution in [3.05, 3.63) is 24.0 Å². The molecule has 0 unspecified atom stereocenters. The van der Waals surface area contributed by atoms with Crippen molar-refractivity contribution in [2.24, 2.45) is 5.73 Å². The van der Waals surface area contributed by atoms with Crippen LogP contribution in [0.4, 0.5) is 0 Å². The molecule has 1 aliphatic carbocycles. The molecule has 1 heterocycles. The van der Waals surface area contributed by atoms with Gasteiger partial charge < -0.3 is 11.1 Å². The van der Waals surface area contributed by atoms with E-state index in [0.29, 0.717) is 12.1 Å². The molecule has 17 heavy (non-hydrogen) atoms. The number of amides is 1. The molecule has 2 rings (SSSR count). The minimum absolute atomic E-state index is 0.129. The molecule has 1 fully saturated rings. The van der Waals surface area contributed by atoms with Gasteiger partial charge in [-0.25, -0.2) is 0 Å². The van der Waals surface area contributed by atoms with E-state index in [4.69, 9.17) is 5.73 Å². The first kappa shape index (κ1) is 12.0. The highest BCUT2D eigenvalue weighted by molar-refractivity contribution is 5.93. The van der Waals surface area contributed by atoms with Crippen LogP contribution in [0.3, 0.4) is 0 Å². The number of nitrogens with one attached hydrogen (secondary N) is 1. The van der Waals surface area contributed by atoms with Gasteiger partial charge in [-0.15, -0.1) is 0 Å². The Labute approximate surface area is 101 Å². The third kappa shape index (κ3) is 3.23. The van der Waals surface area contributed by atoms with Crippen LogP contribution in [-0.2, 0) is 0 Å². The number of carbonyl (C=O) groups excluding carboxylic acids is 1. The molecule has 1 amide bonds. The predicted molar refractivity (Wildman–Crippen MR) is 64.4 cm³/mol.